The van der Waals surface area contributed by atoms with Gasteiger partial charge >= 0.3 is 12.2 Å². The van der Waals surface area contributed by atoms with E-state index in [0.29, 0.717) is 32.2 Å². The molecule has 52 heavy (non-hydrogen) atoms. The van der Waals surface area contributed by atoms with Crippen molar-refractivity contribution >= 4 is 39.9 Å². The summed E-state index contributed by atoms with van der Waals surface area (Å²) in [7, 11) is -3.91. The van der Waals surface area contributed by atoms with Crippen LogP contribution in [0.1, 0.15) is 89.8 Å². The largest absolute Gasteiger partial charge is 0.449 e. The number of nitrogens with one attached hydrogen (secondary N) is 3. The van der Waals surface area contributed by atoms with E-state index in [2.05, 4.69) is 26.9 Å². The van der Waals surface area contributed by atoms with Crippen molar-refractivity contribution in [3.63, 3.8) is 0 Å². The molecule has 0 aromatic carbocycles. The Bertz CT molecular complexity index is 1680. The normalized spacial score (nSPS) is 26.5. The van der Waals surface area contributed by atoms with Crippen LogP contribution in [-0.4, -0.2) is 95.2 Å². The van der Waals surface area contributed by atoms with Crippen LogP contribution >= 0.6 is 0 Å². The molecule has 3 N–H and O–H groups in total. The molecule has 15 nitrogen and oxygen atoms in total. The summed E-state index contributed by atoms with van der Waals surface area (Å²) in [6, 6.07) is 1.46. The number of alkyl carbamates (subject to hydrolysis) is 1. The molecule has 284 valence electrons. The van der Waals surface area contributed by atoms with Gasteiger partial charge in [0.25, 0.3) is 5.91 Å². The van der Waals surface area contributed by atoms with Gasteiger partial charge in [-0.1, -0.05) is 52.2 Å². The highest BCUT2D eigenvalue weighted by Crippen LogP contribution is 2.45. The molecule has 0 radical (unpaired) electrons. The summed E-state index contributed by atoms with van der Waals surface area (Å²) >= 11 is 0. The van der Waals surface area contributed by atoms with Crippen LogP contribution in [0.2, 0.25) is 0 Å². The van der Waals surface area contributed by atoms with Gasteiger partial charge in [-0.15, -0.1) is 6.58 Å². The Balaban J connectivity index is 1.23. The average molecular weight is 743 g/mol. The highest BCUT2D eigenvalue weighted by molar-refractivity contribution is 7.91. The number of hydrogen-bond acceptors (Lipinski definition) is 10. The van der Waals surface area contributed by atoms with Gasteiger partial charge in [0.15, 0.2) is 0 Å². The van der Waals surface area contributed by atoms with Gasteiger partial charge in [-0.3, -0.25) is 29.0 Å². The molecule has 3 heterocycles. The number of sulfonamides is 1. The molecule has 3 saturated carbocycles. The highest BCUT2D eigenvalue weighted by Gasteiger charge is 2.62. The van der Waals surface area contributed by atoms with Crippen LogP contribution in [-0.2, 0) is 47.0 Å². The number of amides is 5. The third kappa shape index (κ3) is 8.37. The first-order chi connectivity index (χ1) is 24.6. The monoisotopic (exact) mass is 742 g/mol. The number of ether oxygens (including phenoxy) is 2. The Morgan fingerprint density at radius 1 is 1.10 bits per heavy atom. The lowest BCUT2D eigenvalue weighted by Crippen LogP contribution is -2.59. The Morgan fingerprint density at radius 2 is 1.83 bits per heavy atom. The molecule has 1 aromatic heterocycles. The lowest BCUT2D eigenvalue weighted by molar-refractivity contribution is -0.142. The molecule has 2 aliphatic heterocycles. The quantitative estimate of drug-likeness (QED) is 0.284. The van der Waals surface area contributed by atoms with Crippen molar-refractivity contribution in [2.24, 2.45) is 17.3 Å². The first kappa shape index (κ1) is 37.5. The molecule has 16 heteroatoms. The molecule has 5 amide bonds. The Morgan fingerprint density at radius 3 is 2.46 bits per heavy atom. The van der Waals surface area contributed by atoms with Crippen molar-refractivity contribution in [2.75, 3.05) is 13.2 Å². The first-order valence-corrected chi connectivity index (χ1v) is 19.8. The van der Waals surface area contributed by atoms with Gasteiger partial charge in [0.1, 0.15) is 23.7 Å². The van der Waals surface area contributed by atoms with Gasteiger partial charge in [0.2, 0.25) is 21.8 Å². The Kier molecular flexibility index (Phi) is 10.6. The summed E-state index contributed by atoms with van der Waals surface area (Å²) in [5.41, 5.74) is -0.229. The molecule has 0 bridgehead atoms. The van der Waals surface area contributed by atoms with Crippen LogP contribution in [0, 0.1) is 17.3 Å². The van der Waals surface area contributed by atoms with Gasteiger partial charge < -0.3 is 25.0 Å². The molecule has 4 fully saturated rings. The molecular formula is C36H50N6O9S. The van der Waals surface area contributed by atoms with Gasteiger partial charge in [0, 0.05) is 18.5 Å². The Labute approximate surface area is 304 Å². The van der Waals surface area contributed by atoms with Crippen LogP contribution in [0.25, 0.3) is 0 Å². The summed E-state index contributed by atoms with van der Waals surface area (Å²) in [5, 5.41) is 4.90. The fourth-order valence-corrected chi connectivity index (χ4v) is 8.78. The zero-order valence-electron chi connectivity index (χ0n) is 30.1. The van der Waals surface area contributed by atoms with Crippen molar-refractivity contribution in [3.8, 4) is 0 Å². The van der Waals surface area contributed by atoms with Gasteiger partial charge in [-0.25, -0.2) is 18.0 Å². The van der Waals surface area contributed by atoms with E-state index < -0.39 is 74.8 Å². The zero-order chi connectivity index (χ0) is 37.4. The van der Waals surface area contributed by atoms with Gasteiger partial charge in [0.05, 0.1) is 37.2 Å². The molecule has 1 aromatic rings. The standard InChI is InChI=1S/C36H50N6O9S/c1-5-24-17-36(24,32(45)40-52(48,49)26-13-14-26)39-30(43)28-16-25(51-34(47)41-18-23-12-9-15-37-27(23)20-41)19-42(28)31(44)29(22-10-7-6-8-11-22)38-33(46)50-21-35(2,3)4/h5,9,12,15,22,24-26,28-29H,1,6-8,10-11,13-14,16-21H2,2-4H3,(H,38,46)(H,39,43)(H,40,45)/t24-,25-,28+,29+,36-/m1/s1. The number of carbonyl (C=O) groups is 5. The second-order valence-corrected chi connectivity index (χ2v) is 18.0. The molecule has 1 saturated heterocycles. The second-order valence-electron chi connectivity index (χ2n) is 16.1. The third-order valence-electron chi connectivity index (χ3n) is 10.6. The topological polar surface area (TPSA) is 193 Å². The fourth-order valence-electron chi connectivity index (χ4n) is 7.42. The van der Waals surface area contributed by atoms with Crippen LogP contribution in [0.3, 0.4) is 0 Å². The second kappa shape index (κ2) is 14.7. The average Bonchev–Trinajstić information content (AvgIpc) is 4.00. The maximum absolute atomic E-state index is 14.6. The van der Waals surface area contributed by atoms with E-state index in [-0.39, 0.29) is 43.9 Å². The minimum Gasteiger partial charge on any atom is -0.449 e. The minimum atomic E-state index is -3.91. The number of nitrogens with zero attached hydrogens (tertiary/aromatic N) is 3. The predicted octanol–water partition coefficient (Wildman–Crippen LogP) is 2.89. The molecule has 5 atom stereocenters. The van der Waals surface area contributed by atoms with E-state index in [9.17, 15) is 32.4 Å². The SMILES string of the molecule is C=C[C@@H]1C[C@]1(NC(=O)[C@@H]1C[C@@H](OC(=O)N2Cc3cccnc3C2)CN1C(=O)[C@@H](NC(=O)OCC(C)(C)C)C1CCCCC1)C(=O)NS(=O)(=O)C1CC1. The van der Waals surface area contributed by atoms with Crippen LogP contribution in [0.5, 0.6) is 0 Å². The number of hydrogen-bond donors (Lipinski definition) is 3. The first-order valence-electron chi connectivity index (χ1n) is 18.2. The summed E-state index contributed by atoms with van der Waals surface area (Å²) in [6.07, 6.45) is 5.93. The summed E-state index contributed by atoms with van der Waals surface area (Å²) in [5.74, 6) is -2.85. The van der Waals surface area contributed by atoms with Gasteiger partial charge in [-0.05, 0) is 55.1 Å². The maximum atomic E-state index is 14.6. The van der Waals surface area contributed by atoms with Gasteiger partial charge in [-0.2, -0.15) is 0 Å². The summed E-state index contributed by atoms with van der Waals surface area (Å²) in [6.45, 7) is 10.1. The van der Waals surface area contributed by atoms with E-state index in [4.69, 9.17) is 9.47 Å². The van der Waals surface area contributed by atoms with E-state index in [1.165, 1.54) is 15.9 Å². The lowest BCUT2D eigenvalue weighted by Gasteiger charge is -2.34. The predicted molar refractivity (Wildman–Crippen MR) is 187 cm³/mol. The number of likely N-dealkylation sites (tertiary alicyclic amines) is 1. The van der Waals surface area contributed by atoms with Crippen LogP contribution < -0.4 is 15.4 Å². The maximum Gasteiger partial charge on any atom is 0.410 e. The minimum absolute atomic E-state index is 0.0783. The van der Waals surface area contributed by atoms with E-state index in [1.807, 2.05) is 26.8 Å². The number of pyridine rings is 1. The summed E-state index contributed by atoms with van der Waals surface area (Å²) < 4.78 is 38.9. The van der Waals surface area contributed by atoms with Crippen LogP contribution in [0.4, 0.5) is 9.59 Å². The smallest absolute Gasteiger partial charge is 0.410 e. The number of aromatic nitrogens is 1. The number of carbonyl (C=O) groups excluding carboxylic acids is 5. The molecular weight excluding hydrogens is 692 g/mol. The van der Waals surface area contributed by atoms with E-state index in [1.54, 1.807) is 12.3 Å². The molecule has 0 spiro atoms. The number of rotatable bonds is 11. The molecule has 6 rings (SSSR count). The number of fused-ring (bicyclic) bond motifs is 1. The molecule has 5 aliphatic rings. The lowest BCUT2D eigenvalue weighted by atomic mass is 9.83. The van der Waals surface area contributed by atoms with Crippen molar-refractivity contribution in [2.45, 2.75) is 121 Å². The molecule has 0 unspecified atom stereocenters. The van der Waals surface area contributed by atoms with Crippen molar-refractivity contribution in [3.05, 3.63) is 42.2 Å². The molecule has 3 aliphatic carbocycles. The van der Waals surface area contributed by atoms with Crippen molar-refractivity contribution in [1.82, 2.24) is 30.1 Å². The van der Waals surface area contributed by atoms with E-state index >= 15 is 0 Å². The van der Waals surface area contributed by atoms with Crippen LogP contribution in [0.15, 0.2) is 31.0 Å². The fraction of sp³-hybridized carbons (Fsp3) is 0.667. The zero-order valence-corrected chi connectivity index (χ0v) is 30.9. The van der Waals surface area contributed by atoms with Crippen molar-refractivity contribution < 1.29 is 41.9 Å². The highest BCUT2D eigenvalue weighted by atomic mass is 32.2. The Hall–Kier alpha value is -4.21. The van der Waals surface area contributed by atoms with Crippen molar-refractivity contribution in [1.29, 1.82) is 0 Å². The third-order valence-corrected chi connectivity index (χ3v) is 12.4. The summed E-state index contributed by atoms with van der Waals surface area (Å²) in [4.78, 5) is 75.8. The van der Waals surface area contributed by atoms with E-state index in [0.717, 1.165) is 30.5 Å².